The summed E-state index contributed by atoms with van der Waals surface area (Å²) >= 11 is 1.67. The maximum absolute atomic E-state index is 4.86. The lowest BCUT2D eigenvalue weighted by molar-refractivity contribution is 0.762. The maximum Gasteiger partial charge on any atom is 0.212 e. The van der Waals surface area contributed by atoms with Crippen LogP contribution in [0.25, 0.3) is 22.3 Å². The molecule has 0 spiro atoms. The van der Waals surface area contributed by atoms with E-state index in [1.807, 2.05) is 16.9 Å². The van der Waals surface area contributed by atoms with Crippen molar-refractivity contribution in [1.29, 1.82) is 0 Å². The second-order valence-electron chi connectivity index (χ2n) is 6.07. The fourth-order valence-corrected chi connectivity index (χ4v) is 3.88. The van der Waals surface area contributed by atoms with E-state index in [1.54, 1.807) is 11.8 Å². The Balaban J connectivity index is 1.64. The molecule has 0 unspecified atom stereocenters. The molecule has 1 N–H and O–H groups in total. The van der Waals surface area contributed by atoms with Crippen LogP contribution < -0.4 is 0 Å². The molecule has 5 rings (SSSR count). The Labute approximate surface area is 148 Å². The number of benzene rings is 2. The van der Waals surface area contributed by atoms with Crippen molar-refractivity contribution in [3.8, 4) is 11.4 Å². The highest BCUT2D eigenvalue weighted by Gasteiger charge is 2.22. The minimum atomic E-state index is 0.777. The number of para-hydroxylation sites is 1. The van der Waals surface area contributed by atoms with Gasteiger partial charge in [0.2, 0.25) is 5.16 Å². The highest BCUT2D eigenvalue weighted by Crippen LogP contribution is 2.30. The summed E-state index contributed by atoms with van der Waals surface area (Å²) in [6, 6.07) is 16.6. The molecule has 0 amide bonds. The van der Waals surface area contributed by atoms with Gasteiger partial charge in [-0.05, 0) is 13.0 Å². The average Bonchev–Trinajstić information content (AvgIpc) is 3.26. The summed E-state index contributed by atoms with van der Waals surface area (Å²) in [4.78, 5) is 3.33. The molecule has 122 valence electrons. The van der Waals surface area contributed by atoms with Crippen LogP contribution in [0.1, 0.15) is 11.1 Å². The van der Waals surface area contributed by atoms with Gasteiger partial charge >= 0.3 is 0 Å². The van der Waals surface area contributed by atoms with Crippen molar-refractivity contribution < 1.29 is 0 Å². The number of nitrogens with zero attached hydrogens (tertiary/aromatic N) is 4. The first kappa shape index (κ1) is 14.5. The Morgan fingerprint density at radius 2 is 1.88 bits per heavy atom. The number of hydrogen-bond acceptors (Lipinski definition) is 4. The van der Waals surface area contributed by atoms with Crippen LogP contribution >= 0.6 is 11.8 Å². The molecule has 1 aliphatic heterocycles. The minimum absolute atomic E-state index is 0.777. The van der Waals surface area contributed by atoms with Crippen molar-refractivity contribution in [1.82, 2.24) is 19.9 Å². The molecule has 0 saturated heterocycles. The average molecular weight is 345 g/mol. The Morgan fingerprint density at radius 3 is 2.76 bits per heavy atom. The Kier molecular flexibility index (Phi) is 3.24. The van der Waals surface area contributed by atoms with Crippen molar-refractivity contribution >= 4 is 28.4 Å². The highest BCUT2D eigenvalue weighted by atomic mass is 32.2. The third-order valence-electron chi connectivity index (χ3n) is 4.38. The topological polar surface area (TPSA) is 58.9 Å². The van der Waals surface area contributed by atoms with Crippen LogP contribution in [0.2, 0.25) is 0 Å². The molecule has 3 heterocycles. The monoisotopic (exact) mass is 345 g/mol. The van der Waals surface area contributed by atoms with Gasteiger partial charge in [-0.1, -0.05) is 59.8 Å². The van der Waals surface area contributed by atoms with Crippen LogP contribution in [0.4, 0.5) is 0 Å². The first-order chi connectivity index (χ1) is 12.3. The van der Waals surface area contributed by atoms with Gasteiger partial charge in [-0.2, -0.15) is 9.78 Å². The third-order valence-corrected chi connectivity index (χ3v) is 5.31. The lowest BCUT2D eigenvalue weighted by Crippen LogP contribution is -2.13. The van der Waals surface area contributed by atoms with E-state index < -0.39 is 0 Å². The molecule has 0 radical (unpaired) electrons. The SMILES string of the molecule is Cc1ccc(-c2nnc3n2N=C(c2c[nH]c4ccccc24)CS3)cc1. The standard InChI is InChI=1S/C19H15N5S/c1-12-6-8-13(9-7-12)18-21-22-19-24(18)23-17(11-25-19)15-10-20-16-5-3-2-4-14(15)16/h2-10,20H,11H2,1H3. The molecule has 1 aliphatic rings. The molecular formula is C19H15N5S. The van der Waals surface area contributed by atoms with Gasteiger partial charge in [-0.15, -0.1) is 10.2 Å². The fraction of sp³-hybridized carbons (Fsp3) is 0.105. The van der Waals surface area contributed by atoms with Gasteiger partial charge in [-0.3, -0.25) is 0 Å². The summed E-state index contributed by atoms with van der Waals surface area (Å²) < 4.78 is 1.86. The second-order valence-corrected chi connectivity index (χ2v) is 7.01. The zero-order chi connectivity index (χ0) is 16.8. The lowest BCUT2D eigenvalue weighted by atomic mass is 10.1. The fourth-order valence-electron chi connectivity index (χ4n) is 3.05. The van der Waals surface area contributed by atoms with Crippen LogP contribution in [0.5, 0.6) is 0 Å². The van der Waals surface area contributed by atoms with Crippen LogP contribution in [0.3, 0.4) is 0 Å². The van der Waals surface area contributed by atoms with E-state index in [1.165, 1.54) is 10.9 Å². The maximum atomic E-state index is 4.86. The van der Waals surface area contributed by atoms with Crippen LogP contribution in [-0.2, 0) is 0 Å². The smallest absolute Gasteiger partial charge is 0.212 e. The van der Waals surface area contributed by atoms with Gasteiger partial charge in [0.05, 0.1) is 5.71 Å². The zero-order valence-corrected chi connectivity index (χ0v) is 14.4. The number of aromatic nitrogens is 4. The number of hydrogen-bond donors (Lipinski definition) is 1. The molecule has 4 aromatic rings. The van der Waals surface area contributed by atoms with E-state index in [2.05, 4.69) is 64.6 Å². The first-order valence-electron chi connectivity index (χ1n) is 8.09. The van der Waals surface area contributed by atoms with Crippen molar-refractivity contribution in [2.45, 2.75) is 12.1 Å². The van der Waals surface area contributed by atoms with E-state index >= 15 is 0 Å². The second kappa shape index (κ2) is 5.60. The predicted octanol–water partition coefficient (Wildman–Crippen LogP) is 4.09. The Bertz CT molecular complexity index is 1100. The van der Waals surface area contributed by atoms with E-state index in [9.17, 15) is 0 Å². The van der Waals surface area contributed by atoms with Crippen LogP contribution in [0, 0.1) is 6.92 Å². The van der Waals surface area contributed by atoms with Gasteiger partial charge in [0.15, 0.2) is 5.82 Å². The van der Waals surface area contributed by atoms with Gasteiger partial charge < -0.3 is 4.98 Å². The van der Waals surface area contributed by atoms with Crippen LogP contribution in [-0.4, -0.2) is 31.3 Å². The Morgan fingerprint density at radius 1 is 1.04 bits per heavy atom. The van der Waals surface area contributed by atoms with Gasteiger partial charge in [-0.25, -0.2) is 0 Å². The number of thioether (sulfide) groups is 1. The van der Waals surface area contributed by atoms with Crippen molar-refractivity contribution in [2.24, 2.45) is 5.10 Å². The number of aromatic amines is 1. The molecule has 25 heavy (non-hydrogen) atoms. The molecular weight excluding hydrogens is 330 g/mol. The van der Waals surface area contributed by atoms with E-state index in [4.69, 9.17) is 5.10 Å². The Hall–Kier alpha value is -2.86. The summed E-state index contributed by atoms with van der Waals surface area (Å²) in [5, 5.41) is 15.5. The van der Waals surface area contributed by atoms with Crippen LogP contribution in [0.15, 0.2) is 65.0 Å². The third kappa shape index (κ3) is 2.37. The summed E-state index contributed by atoms with van der Waals surface area (Å²) in [5.74, 6) is 1.56. The molecule has 0 atom stereocenters. The highest BCUT2D eigenvalue weighted by molar-refractivity contribution is 7.99. The van der Waals surface area contributed by atoms with Gasteiger partial charge in [0, 0.05) is 34.0 Å². The van der Waals surface area contributed by atoms with Gasteiger partial charge in [0.1, 0.15) is 0 Å². The van der Waals surface area contributed by atoms with Crippen molar-refractivity contribution in [3.05, 3.63) is 65.9 Å². The molecule has 0 bridgehead atoms. The molecule has 6 heteroatoms. The first-order valence-corrected chi connectivity index (χ1v) is 9.08. The largest absolute Gasteiger partial charge is 0.360 e. The van der Waals surface area contributed by atoms with E-state index in [0.29, 0.717) is 0 Å². The molecule has 5 nitrogen and oxygen atoms in total. The minimum Gasteiger partial charge on any atom is -0.360 e. The zero-order valence-electron chi connectivity index (χ0n) is 13.6. The normalized spacial score (nSPS) is 13.7. The quantitative estimate of drug-likeness (QED) is 0.595. The van der Waals surface area contributed by atoms with Crippen molar-refractivity contribution in [2.75, 3.05) is 5.75 Å². The van der Waals surface area contributed by atoms with E-state index in [0.717, 1.165) is 39.1 Å². The molecule has 2 aromatic carbocycles. The molecule has 2 aromatic heterocycles. The number of fused-ring (bicyclic) bond motifs is 2. The predicted molar refractivity (Wildman–Crippen MR) is 101 cm³/mol. The molecule has 0 fully saturated rings. The number of rotatable bonds is 2. The number of nitrogens with one attached hydrogen (secondary N) is 1. The number of H-pyrrole nitrogens is 1. The summed E-state index contributed by atoms with van der Waals surface area (Å²) in [6.45, 7) is 2.08. The lowest BCUT2D eigenvalue weighted by Gasteiger charge is -2.13. The molecule has 0 saturated carbocycles. The van der Waals surface area contributed by atoms with Crippen molar-refractivity contribution in [3.63, 3.8) is 0 Å². The van der Waals surface area contributed by atoms with Gasteiger partial charge in [0.25, 0.3) is 0 Å². The summed E-state index contributed by atoms with van der Waals surface area (Å²) in [6.07, 6.45) is 2.03. The molecule has 0 aliphatic carbocycles. The number of aryl methyl sites for hydroxylation is 1. The summed E-state index contributed by atoms with van der Waals surface area (Å²) in [5.41, 5.74) is 5.53. The summed E-state index contributed by atoms with van der Waals surface area (Å²) in [7, 11) is 0. The van der Waals surface area contributed by atoms with E-state index in [-0.39, 0.29) is 0 Å².